The Morgan fingerprint density at radius 1 is 1.15 bits per heavy atom. The molecule has 26 heavy (non-hydrogen) atoms. The van der Waals surface area contributed by atoms with E-state index in [2.05, 4.69) is 6.58 Å². The van der Waals surface area contributed by atoms with Crippen molar-refractivity contribution in [1.29, 1.82) is 0 Å². The molecule has 2 N–H and O–H groups in total. The van der Waals surface area contributed by atoms with E-state index >= 15 is 0 Å². The van der Waals surface area contributed by atoms with Crippen molar-refractivity contribution in [3.63, 3.8) is 0 Å². The van der Waals surface area contributed by atoms with Gasteiger partial charge >= 0.3 is 11.9 Å². The van der Waals surface area contributed by atoms with Crippen LogP contribution in [-0.4, -0.2) is 61.3 Å². The van der Waals surface area contributed by atoms with Crippen molar-refractivity contribution in [3.8, 4) is 0 Å². The smallest absolute Gasteiger partial charge is 0.333 e. The zero-order valence-corrected chi connectivity index (χ0v) is 15.9. The van der Waals surface area contributed by atoms with Crippen LogP contribution in [0.3, 0.4) is 0 Å². The Morgan fingerprint density at radius 3 is 2.27 bits per heavy atom. The molecule has 0 aromatic heterocycles. The van der Waals surface area contributed by atoms with Crippen molar-refractivity contribution in [3.05, 3.63) is 23.3 Å². The van der Waals surface area contributed by atoms with Crippen molar-refractivity contribution >= 4 is 11.9 Å². The van der Waals surface area contributed by atoms with Gasteiger partial charge in [0.25, 0.3) is 0 Å². The number of epoxide rings is 1. The molecule has 0 aliphatic carbocycles. The van der Waals surface area contributed by atoms with Gasteiger partial charge in [-0.3, -0.25) is 0 Å². The first-order valence-electron chi connectivity index (χ1n) is 8.74. The molecule has 1 aliphatic heterocycles. The molecule has 0 aromatic rings. The van der Waals surface area contributed by atoms with Crippen molar-refractivity contribution in [2.75, 3.05) is 33.0 Å². The largest absolute Gasteiger partial charge is 0.462 e. The zero-order valence-electron chi connectivity index (χ0n) is 15.9. The molecular formula is C19H30O7. The van der Waals surface area contributed by atoms with Crippen LogP contribution in [0.5, 0.6) is 0 Å². The first-order valence-corrected chi connectivity index (χ1v) is 8.74. The summed E-state index contributed by atoms with van der Waals surface area (Å²) < 4.78 is 15.3. The first kappa shape index (κ1) is 22.3. The molecule has 1 aliphatic rings. The van der Waals surface area contributed by atoms with Gasteiger partial charge < -0.3 is 24.4 Å². The highest BCUT2D eigenvalue weighted by Gasteiger charge is 2.31. The van der Waals surface area contributed by atoms with Crippen LogP contribution in [0.25, 0.3) is 0 Å². The van der Waals surface area contributed by atoms with Crippen molar-refractivity contribution in [1.82, 2.24) is 0 Å². The summed E-state index contributed by atoms with van der Waals surface area (Å²) in [6.07, 6.45) is 1.24. The Bertz CT molecular complexity index is 538. The number of aliphatic hydroxyl groups is 2. The van der Waals surface area contributed by atoms with Crippen LogP contribution in [0.15, 0.2) is 23.3 Å². The second-order valence-corrected chi connectivity index (χ2v) is 7.03. The summed E-state index contributed by atoms with van der Waals surface area (Å²) in [6.45, 7) is 9.07. The van der Waals surface area contributed by atoms with Crippen LogP contribution in [-0.2, 0) is 23.8 Å². The molecule has 7 nitrogen and oxygen atoms in total. The molecular weight excluding hydrogens is 340 g/mol. The minimum Gasteiger partial charge on any atom is -0.462 e. The molecule has 0 saturated carbocycles. The fourth-order valence-corrected chi connectivity index (χ4v) is 2.12. The lowest BCUT2D eigenvalue weighted by Gasteiger charge is -2.29. The van der Waals surface area contributed by atoms with E-state index < -0.39 is 17.4 Å². The zero-order chi connectivity index (χ0) is 19.7. The Labute approximate surface area is 154 Å². The molecule has 1 heterocycles. The van der Waals surface area contributed by atoms with Crippen LogP contribution < -0.4 is 0 Å². The Kier molecular flexibility index (Phi) is 8.98. The van der Waals surface area contributed by atoms with Gasteiger partial charge in [0.15, 0.2) is 0 Å². The lowest BCUT2D eigenvalue weighted by atomic mass is 9.84. The second kappa shape index (κ2) is 10.4. The van der Waals surface area contributed by atoms with Crippen molar-refractivity contribution in [2.45, 2.75) is 46.1 Å². The fourth-order valence-electron chi connectivity index (χ4n) is 2.12. The average Bonchev–Trinajstić information content (AvgIpc) is 3.45. The predicted molar refractivity (Wildman–Crippen MR) is 95.3 cm³/mol. The number of rotatable bonds is 12. The number of hydrogen-bond acceptors (Lipinski definition) is 7. The van der Waals surface area contributed by atoms with Gasteiger partial charge in [-0.1, -0.05) is 12.2 Å². The van der Waals surface area contributed by atoms with Crippen LogP contribution in [0, 0.1) is 5.41 Å². The summed E-state index contributed by atoms with van der Waals surface area (Å²) in [5.41, 5.74) is 0.724. The van der Waals surface area contributed by atoms with E-state index in [4.69, 9.17) is 14.2 Å². The van der Waals surface area contributed by atoms with Gasteiger partial charge in [-0.15, -0.1) is 0 Å². The molecule has 0 aromatic carbocycles. The second-order valence-electron chi connectivity index (χ2n) is 7.03. The van der Waals surface area contributed by atoms with E-state index in [0.29, 0.717) is 37.0 Å². The quantitative estimate of drug-likeness (QED) is 0.305. The van der Waals surface area contributed by atoms with Crippen molar-refractivity contribution in [2.24, 2.45) is 5.41 Å². The molecule has 0 bridgehead atoms. The maximum atomic E-state index is 11.9. The van der Waals surface area contributed by atoms with Crippen LogP contribution >= 0.6 is 0 Å². The van der Waals surface area contributed by atoms with Gasteiger partial charge in [0, 0.05) is 11.1 Å². The monoisotopic (exact) mass is 370 g/mol. The normalized spacial score (nSPS) is 16.0. The van der Waals surface area contributed by atoms with Gasteiger partial charge in [-0.2, -0.15) is 0 Å². The first-order chi connectivity index (χ1) is 12.2. The highest BCUT2D eigenvalue weighted by molar-refractivity contribution is 5.88. The SMILES string of the molecule is C=C(CCCC(CO)(CO)COC(=O)C(C)=C(C)C)C(=O)OCC1CO1. The van der Waals surface area contributed by atoms with Gasteiger partial charge in [0.05, 0.1) is 25.2 Å². The molecule has 0 amide bonds. The molecule has 7 heteroatoms. The Balaban J connectivity index is 2.44. The third kappa shape index (κ3) is 7.27. The van der Waals surface area contributed by atoms with E-state index in [1.807, 2.05) is 13.8 Å². The molecule has 1 rings (SSSR count). The highest BCUT2D eigenvalue weighted by Crippen LogP contribution is 2.26. The van der Waals surface area contributed by atoms with Gasteiger partial charge in [-0.25, -0.2) is 9.59 Å². The minimum atomic E-state index is -0.955. The predicted octanol–water partition coefficient (Wildman–Crippen LogP) is 1.53. The lowest BCUT2D eigenvalue weighted by molar-refractivity contribution is -0.145. The average molecular weight is 370 g/mol. The number of carbonyl (C=O) groups is 2. The third-order valence-corrected chi connectivity index (χ3v) is 4.51. The van der Waals surface area contributed by atoms with E-state index in [0.717, 1.165) is 5.57 Å². The van der Waals surface area contributed by atoms with E-state index in [1.54, 1.807) is 6.92 Å². The number of aliphatic hydroxyl groups excluding tert-OH is 2. The molecule has 148 valence electrons. The van der Waals surface area contributed by atoms with Gasteiger partial charge in [0.2, 0.25) is 0 Å². The maximum Gasteiger partial charge on any atom is 0.333 e. The number of esters is 2. The van der Waals surface area contributed by atoms with E-state index in [9.17, 15) is 19.8 Å². The lowest BCUT2D eigenvalue weighted by Crippen LogP contribution is -2.36. The molecule has 1 saturated heterocycles. The summed E-state index contributed by atoms with van der Waals surface area (Å²) in [4.78, 5) is 23.7. The Hall–Kier alpha value is -1.70. The summed E-state index contributed by atoms with van der Waals surface area (Å²) in [7, 11) is 0. The van der Waals surface area contributed by atoms with Crippen molar-refractivity contribution < 1.29 is 34.0 Å². The summed E-state index contributed by atoms with van der Waals surface area (Å²) in [5, 5.41) is 19.3. The Morgan fingerprint density at radius 2 is 1.77 bits per heavy atom. The molecule has 1 unspecified atom stereocenters. The number of ether oxygens (including phenoxy) is 3. The molecule has 0 radical (unpaired) electrons. The summed E-state index contributed by atoms with van der Waals surface area (Å²) >= 11 is 0. The van der Waals surface area contributed by atoms with Crippen LogP contribution in [0.4, 0.5) is 0 Å². The van der Waals surface area contributed by atoms with Gasteiger partial charge in [0.1, 0.15) is 19.3 Å². The van der Waals surface area contributed by atoms with Gasteiger partial charge in [-0.05, 0) is 40.0 Å². The number of hydrogen-bond donors (Lipinski definition) is 2. The molecule has 1 atom stereocenters. The summed E-state index contributed by atoms with van der Waals surface area (Å²) in [5.74, 6) is -0.934. The van der Waals surface area contributed by atoms with E-state index in [1.165, 1.54) is 0 Å². The topological polar surface area (TPSA) is 106 Å². The molecule has 1 fully saturated rings. The van der Waals surface area contributed by atoms with Crippen LogP contribution in [0.1, 0.15) is 40.0 Å². The molecule has 0 spiro atoms. The fraction of sp³-hybridized carbons (Fsp3) is 0.684. The standard InChI is InChI=1S/C19H30O7/c1-13(2)15(4)18(23)26-12-19(10-20,11-21)7-5-6-14(3)17(22)25-9-16-8-24-16/h16,20-21H,3,5-12H2,1-2,4H3. The number of carbonyl (C=O) groups excluding carboxylic acids is 2. The third-order valence-electron chi connectivity index (χ3n) is 4.51. The minimum absolute atomic E-state index is 0.00197. The summed E-state index contributed by atoms with van der Waals surface area (Å²) in [6, 6.07) is 0. The number of allylic oxidation sites excluding steroid dienone is 1. The van der Waals surface area contributed by atoms with Crippen LogP contribution in [0.2, 0.25) is 0 Å². The highest BCUT2D eigenvalue weighted by atomic mass is 16.6. The van der Waals surface area contributed by atoms with E-state index in [-0.39, 0.29) is 32.5 Å². The maximum absolute atomic E-state index is 11.9.